The van der Waals surface area contributed by atoms with Crippen molar-refractivity contribution in [1.82, 2.24) is 4.98 Å². The molecule has 30 heavy (non-hydrogen) atoms. The molecule has 0 aliphatic heterocycles. The SMILES string of the molecule is CSc1ccc(/C(COC(=O)c2cccnc2)=C(/CO)c2ccc(F)c(F)c2)cc1. The number of rotatable bonds is 7. The van der Waals surface area contributed by atoms with Gasteiger partial charge in [0.1, 0.15) is 6.61 Å². The maximum atomic E-state index is 13.8. The summed E-state index contributed by atoms with van der Waals surface area (Å²) in [4.78, 5) is 17.3. The van der Waals surface area contributed by atoms with Gasteiger partial charge in [-0.1, -0.05) is 18.2 Å². The third kappa shape index (κ3) is 5.11. The number of benzene rings is 2. The molecule has 0 amide bonds. The summed E-state index contributed by atoms with van der Waals surface area (Å²) < 4.78 is 32.6. The lowest BCUT2D eigenvalue weighted by atomic mass is 9.95. The Morgan fingerprint density at radius 2 is 1.73 bits per heavy atom. The topological polar surface area (TPSA) is 59.4 Å². The van der Waals surface area contributed by atoms with Crippen LogP contribution in [0.5, 0.6) is 0 Å². The number of esters is 1. The Hall–Kier alpha value is -3.03. The van der Waals surface area contributed by atoms with Crippen molar-refractivity contribution in [3.8, 4) is 0 Å². The normalized spacial score (nSPS) is 11.7. The first kappa shape index (κ1) is 21.7. The van der Waals surface area contributed by atoms with Crippen LogP contribution in [0, 0.1) is 11.6 Å². The van der Waals surface area contributed by atoms with Crippen LogP contribution in [0.25, 0.3) is 11.1 Å². The molecule has 4 nitrogen and oxygen atoms in total. The van der Waals surface area contributed by atoms with E-state index >= 15 is 0 Å². The number of aromatic nitrogens is 1. The van der Waals surface area contributed by atoms with E-state index in [1.165, 1.54) is 12.3 Å². The molecule has 1 heterocycles. The Kier molecular flexibility index (Phi) is 7.32. The molecule has 0 atom stereocenters. The van der Waals surface area contributed by atoms with Gasteiger partial charge < -0.3 is 9.84 Å². The van der Waals surface area contributed by atoms with E-state index in [2.05, 4.69) is 4.98 Å². The molecule has 0 bridgehead atoms. The van der Waals surface area contributed by atoms with E-state index in [4.69, 9.17) is 4.74 Å². The number of carbonyl (C=O) groups is 1. The number of aliphatic hydroxyl groups is 1. The number of halogens is 2. The minimum atomic E-state index is -1.03. The highest BCUT2D eigenvalue weighted by Gasteiger charge is 2.16. The maximum Gasteiger partial charge on any atom is 0.340 e. The van der Waals surface area contributed by atoms with Crippen LogP contribution in [-0.4, -0.2) is 35.5 Å². The second-order valence-corrected chi connectivity index (χ2v) is 7.17. The molecule has 0 aliphatic carbocycles. The van der Waals surface area contributed by atoms with Crippen molar-refractivity contribution in [2.24, 2.45) is 0 Å². The number of pyridine rings is 1. The molecule has 0 radical (unpaired) electrons. The van der Waals surface area contributed by atoms with Crippen molar-refractivity contribution in [3.63, 3.8) is 0 Å². The first-order chi connectivity index (χ1) is 14.5. The second-order valence-electron chi connectivity index (χ2n) is 6.29. The van der Waals surface area contributed by atoms with Gasteiger partial charge in [-0.15, -0.1) is 11.8 Å². The fraction of sp³-hybridized carbons (Fsp3) is 0.130. The summed E-state index contributed by atoms with van der Waals surface area (Å²) in [6.07, 6.45) is 4.88. The van der Waals surface area contributed by atoms with Crippen molar-refractivity contribution in [3.05, 3.63) is 95.3 Å². The minimum Gasteiger partial charge on any atom is -0.457 e. The van der Waals surface area contributed by atoms with Crippen molar-refractivity contribution in [1.29, 1.82) is 0 Å². The average Bonchev–Trinajstić information content (AvgIpc) is 2.79. The number of hydrogen-bond donors (Lipinski definition) is 1. The van der Waals surface area contributed by atoms with E-state index in [-0.39, 0.29) is 12.2 Å². The molecular weight excluding hydrogens is 408 g/mol. The molecule has 2 aromatic carbocycles. The lowest BCUT2D eigenvalue weighted by Crippen LogP contribution is -2.10. The van der Waals surface area contributed by atoms with Gasteiger partial charge in [-0.2, -0.15) is 0 Å². The number of hydrogen-bond acceptors (Lipinski definition) is 5. The number of thioether (sulfide) groups is 1. The van der Waals surface area contributed by atoms with Crippen LogP contribution in [-0.2, 0) is 4.74 Å². The minimum absolute atomic E-state index is 0.165. The Morgan fingerprint density at radius 3 is 2.33 bits per heavy atom. The zero-order chi connectivity index (χ0) is 21.5. The average molecular weight is 427 g/mol. The molecule has 154 valence electrons. The maximum absolute atomic E-state index is 13.8. The zero-order valence-corrected chi connectivity index (χ0v) is 17.0. The number of ether oxygens (including phenoxy) is 1. The van der Waals surface area contributed by atoms with Crippen LogP contribution >= 0.6 is 11.8 Å². The van der Waals surface area contributed by atoms with Gasteiger partial charge in [0.05, 0.1) is 12.2 Å². The zero-order valence-electron chi connectivity index (χ0n) is 16.1. The van der Waals surface area contributed by atoms with Gasteiger partial charge in [0.15, 0.2) is 11.6 Å². The molecule has 0 saturated carbocycles. The van der Waals surface area contributed by atoms with Gasteiger partial charge in [-0.25, -0.2) is 13.6 Å². The van der Waals surface area contributed by atoms with E-state index in [9.17, 15) is 18.7 Å². The number of nitrogens with zero attached hydrogens (tertiary/aromatic N) is 1. The van der Waals surface area contributed by atoms with Crippen LogP contribution in [0.15, 0.2) is 71.9 Å². The molecule has 0 unspecified atom stereocenters. The van der Waals surface area contributed by atoms with Crippen molar-refractivity contribution < 1.29 is 23.4 Å². The standard InChI is InChI=1S/C23H19F2NO3S/c1-30-18-7-4-15(5-8-18)20(14-29-23(28)17-3-2-10-26-12-17)19(13-27)16-6-9-21(24)22(25)11-16/h2-12,27H,13-14H2,1H3/b20-19-. The lowest BCUT2D eigenvalue weighted by molar-refractivity contribution is 0.0556. The molecule has 1 aromatic heterocycles. The highest BCUT2D eigenvalue weighted by Crippen LogP contribution is 2.29. The van der Waals surface area contributed by atoms with E-state index in [1.54, 1.807) is 30.1 Å². The van der Waals surface area contributed by atoms with E-state index in [0.717, 1.165) is 17.0 Å². The Bertz CT molecular complexity index is 1050. The summed E-state index contributed by atoms with van der Waals surface area (Å²) in [5.41, 5.74) is 2.12. The van der Waals surface area contributed by atoms with Gasteiger partial charge in [0, 0.05) is 22.9 Å². The predicted octanol–water partition coefficient (Wildman–Crippen LogP) is 4.84. The first-order valence-corrected chi connectivity index (χ1v) is 10.3. The molecule has 0 fully saturated rings. The van der Waals surface area contributed by atoms with Gasteiger partial charge in [0.2, 0.25) is 0 Å². The molecule has 0 spiro atoms. The predicted molar refractivity (Wildman–Crippen MR) is 113 cm³/mol. The van der Waals surface area contributed by atoms with Crippen LogP contribution < -0.4 is 0 Å². The first-order valence-electron chi connectivity index (χ1n) is 9.03. The summed E-state index contributed by atoms with van der Waals surface area (Å²) in [5, 5.41) is 10.0. The Balaban J connectivity index is 2.01. The molecular formula is C23H19F2NO3S. The van der Waals surface area contributed by atoms with E-state index in [1.807, 2.05) is 30.5 Å². The highest BCUT2D eigenvalue weighted by molar-refractivity contribution is 7.98. The summed E-state index contributed by atoms with van der Waals surface area (Å²) in [6.45, 7) is -0.615. The summed E-state index contributed by atoms with van der Waals surface area (Å²) >= 11 is 1.57. The third-order valence-corrected chi connectivity index (χ3v) is 5.22. The largest absolute Gasteiger partial charge is 0.457 e. The van der Waals surface area contributed by atoms with Crippen LogP contribution in [0.1, 0.15) is 21.5 Å². The van der Waals surface area contributed by atoms with Crippen LogP contribution in [0.2, 0.25) is 0 Å². The van der Waals surface area contributed by atoms with Gasteiger partial charge in [-0.05, 0) is 59.4 Å². The van der Waals surface area contributed by atoms with Crippen molar-refractivity contribution >= 4 is 28.9 Å². The van der Waals surface area contributed by atoms with Crippen LogP contribution in [0.3, 0.4) is 0 Å². The quantitative estimate of drug-likeness (QED) is 0.332. The van der Waals surface area contributed by atoms with E-state index in [0.29, 0.717) is 22.3 Å². The summed E-state index contributed by atoms with van der Waals surface area (Å²) in [5.74, 6) is -2.59. The Morgan fingerprint density at radius 1 is 1.00 bits per heavy atom. The second kappa shape index (κ2) is 10.1. The lowest BCUT2D eigenvalue weighted by Gasteiger charge is -2.16. The van der Waals surface area contributed by atoms with Gasteiger partial charge in [-0.3, -0.25) is 4.98 Å². The van der Waals surface area contributed by atoms with E-state index < -0.39 is 24.2 Å². The van der Waals surface area contributed by atoms with Crippen molar-refractivity contribution in [2.75, 3.05) is 19.5 Å². The van der Waals surface area contributed by atoms with Gasteiger partial charge in [0.25, 0.3) is 0 Å². The van der Waals surface area contributed by atoms with Crippen molar-refractivity contribution in [2.45, 2.75) is 4.90 Å². The molecule has 7 heteroatoms. The molecule has 0 saturated heterocycles. The Labute approximate surface area is 177 Å². The third-order valence-electron chi connectivity index (χ3n) is 4.47. The fourth-order valence-electron chi connectivity index (χ4n) is 2.89. The fourth-order valence-corrected chi connectivity index (χ4v) is 3.29. The van der Waals surface area contributed by atoms with Gasteiger partial charge >= 0.3 is 5.97 Å². The monoisotopic (exact) mass is 427 g/mol. The summed E-state index contributed by atoms with van der Waals surface area (Å²) in [6, 6.07) is 14.0. The number of aliphatic hydroxyl groups excluding tert-OH is 1. The number of carbonyl (C=O) groups excluding carboxylic acids is 1. The molecule has 3 aromatic rings. The molecule has 0 aliphatic rings. The molecule has 1 N–H and O–H groups in total. The summed E-state index contributed by atoms with van der Waals surface area (Å²) in [7, 11) is 0. The smallest absolute Gasteiger partial charge is 0.340 e. The van der Waals surface area contributed by atoms with Crippen LogP contribution in [0.4, 0.5) is 8.78 Å². The highest BCUT2D eigenvalue weighted by atomic mass is 32.2. The molecule has 3 rings (SSSR count).